The Morgan fingerprint density at radius 1 is 1.50 bits per heavy atom. The largest absolute Gasteiger partial charge is 0.271 e. The fraction of sp³-hybridized carbons (Fsp3) is 0.571. The van der Waals surface area contributed by atoms with Gasteiger partial charge in [0.1, 0.15) is 5.82 Å². The first-order chi connectivity index (χ1) is 9.39. The lowest BCUT2D eigenvalue weighted by Crippen LogP contribution is -2.38. The minimum absolute atomic E-state index is 0.0335. The van der Waals surface area contributed by atoms with Crippen molar-refractivity contribution >= 4 is 9.84 Å². The summed E-state index contributed by atoms with van der Waals surface area (Å²) in [6, 6.07) is 4.67. The topological polar surface area (TPSA) is 72.2 Å². The van der Waals surface area contributed by atoms with E-state index < -0.39 is 9.84 Å². The highest BCUT2D eigenvalue weighted by Gasteiger charge is 2.29. The van der Waals surface area contributed by atoms with E-state index >= 15 is 0 Å². The molecule has 20 heavy (non-hydrogen) atoms. The predicted octanol–water partition coefficient (Wildman–Crippen LogP) is 1.33. The number of hydrogen-bond acceptors (Lipinski definition) is 4. The van der Waals surface area contributed by atoms with Gasteiger partial charge in [-0.15, -0.1) is 0 Å². The van der Waals surface area contributed by atoms with Crippen molar-refractivity contribution in [2.24, 2.45) is 11.8 Å². The molecule has 0 aromatic heterocycles. The Morgan fingerprint density at radius 2 is 2.25 bits per heavy atom. The van der Waals surface area contributed by atoms with E-state index in [1.165, 1.54) is 12.1 Å². The molecular formula is C14H21FN2O2S. The average Bonchev–Trinajstić information content (AvgIpc) is 2.72. The van der Waals surface area contributed by atoms with Gasteiger partial charge in [0.25, 0.3) is 0 Å². The molecule has 1 aliphatic rings. The van der Waals surface area contributed by atoms with E-state index in [0.29, 0.717) is 19.3 Å². The first-order valence-electron chi connectivity index (χ1n) is 6.81. The Balaban J connectivity index is 2.01. The molecule has 0 aliphatic carbocycles. The van der Waals surface area contributed by atoms with Crippen LogP contribution in [0.15, 0.2) is 18.2 Å². The lowest BCUT2D eigenvalue weighted by Gasteiger charge is -2.20. The summed E-state index contributed by atoms with van der Waals surface area (Å²) in [5.41, 5.74) is 4.66. The highest BCUT2D eigenvalue weighted by molar-refractivity contribution is 7.91. The van der Waals surface area contributed by atoms with Crippen LogP contribution < -0.4 is 11.3 Å². The lowest BCUT2D eigenvalue weighted by molar-refractivity contribution is 0.407. The van der Waals surface area contributed by atoms with Crippen molar-refractivity contribution in [3.8, 4) is 0 Å². The molecule has 6 heteroatoms. The molecule has 1 aliphatic heterocycles. The van der Waals surface area contributed by atoms with Crippen LogP contribution in [0.1, 0.15) is 24.0 Å². The van der Waals surface area contributed by atoms with Gasteiger partial charge in [-0.05, 0) is 55.4 Å². The molecule has 0 radical (unpaired) electrons. The van der Waals surface area contributed by atoms with Gasteiger partial charge in [-0.3, -0.25) is 11.3 Å². The van der Waals surface area contributed by atoms with Crippen molar-refractivity contribution in [1.82, 2.24) is 5.43 Å². The summed E-state index contributed by atoms with van der Waals surface area (Å²) in [5, 5.41) is 0. The van der Waals surface area contributed by atoms with E-state index in [4.69, 9.17) is 5.84 Å². The lowest BCUT2D eigenvalue weighted by atomic mass is 9.93. The maximum absolute atomic E-state index is 13.3. The van der Waals surface area contributed by atoms with Crippen molar-refractivity contribution in [2.45, 2.75) is 32.2 Å². The molecule has 0 spiro atoms. The second kappa shape index (κ2) is 6.20. The summed E-state index contributed by atoms with van der Waals surface area (Å²) < 4.78 is 36.2. The molecule has 0 saturated carbocycles. The third-order valence-corrected chi connectivity index (χ3v) is 5.79. The van der Waals surface area contributed by atoms with Crippen molar-refractivity contribution < 1.29 is 12.8 Å². The maximum Gasteiger partial charge on any atom is 0.150 e. The van der Waals surface area contributed by atoms with E-state index in [1.807, 2.05) is 6.92 Å². The zero-order valence-corrected chi connectivity index (χ0v) is 12.4. The number of aryl methyl sites for hydroxylation is 1. The van der Waals surface area contributed by atoms with Gasteiger partial charge < -0.3 is 0 Å². The van der Waals surface area contributed by atoms with E-state index in [1.54, 1.807) is 6.07 Å². The van der Waals surface area contributed by atoms with Crippen LogP contribution >= 0.6 is 0 Å². The Hall–Kier alpha value is -0.980. The zero-order chi connectivity index (χ0) is 14.8. The smallest absolute Gasteiger partial charge is 0.150 e. The molecule has 2 atom stereocenters. The molecule has 2 unspecified atom stereocenters. The molecule has 2 rings (SSSR count). The average molecular weight is 300 g/mol. The van der Waals surface area contributed by atoms with Gasteiger partial charge in [0.15, 0.2) is 9.84 Å². The Morgan fingerprint density at radius 3 is 2.85 bits per heavy atom. The number of sulfone groups is 1. The van der Waals surface area contributed by atoms with Crippen LogP contribution in [0.4, 0.5) is 4.39 Å². The predicted molar refractivity (Wildman–Crippen MR) is 77.3 cm³/mol. The Labute approximate surface area is 119 Å². The van der Waals surface area contributed by atoms with E-state index in [0.717, 1.165) is 11.1 Å². The molecule has 1 fully saturated rings. The Kier molecular flexibility index (Phi) is 4.78. The summed E-state index contributed by atoms with van der Waals surface area (Å²) >= 11 is 0. The maximum atomic E-state index is 13.3. The van der Waals surface area contributed by atoms with Crippen LogP contribution in [-0.2, 0) is 16.3 Å². The molecular weight excluding hydrogens is 279 g/mol. The van der Waals surface area contributed by atoms with Crippen LogP contribution in [0, 0.1) is 18.7 Å². The third-order valence-electron chi connectivity index (χ3n) is 3.96. The number of nitrogens with one attached hydrogen (secondary N) is 1. The van der Waals surface area contributed by atoms with Gasteiger partial charge in [-0.25, -0.2) is 12.8 Å². The van der Waals surface area contributed by atoms with Gasteiger partial charge in [0, 0.05) is 6.04 Å². The number of rotatable bonds is 5. The highest BCUT2D eigenvalue weighted by Crippen LogP contribution is 2.24. The number of hydrazine groups is 1. The van der Waals surface area contributed by atoms with E-state index in [9.17, 15) is 12.8 Å². The van der Waals surface area contributed by atoms with Crippen LogP contribution in [0.5, 0.6) is 0 Å². The summed E-state index contributed by atoms with van der Waals surface area (Å²) in [7, 11) is -2.87. The normalized spacial score (nSPS) is 22.9. The minimum Gasteiger partial charge on any atom is -0.271 e. The van der Waals surface area contributed by atoms with Crippen molar-refractivity contribution in [2.75, 3.05) is 11.5 Å². The molecule has 1 aromatic carbocycles. The highest BCUT2D eigenvalue weighted by atomic mass is 32.2. The summed E-state index contributed by atoms with van der Waals surface area (Å²) in [6.07, 6.45) is 2.00. The fourth-order valence-corrected chi connectivity index (χ4v) is 4.68. The number of hydrogen-bond donors (Lipinski definition) is 2. The molecule has 0 bridgehead atoms. The summed E-state index contributed by atoms with van der Waals surface area (Å²) in [4.78, 5) is 0. The number of halogens is 1. The SMILES string of the molecule is Cc1ccc(F)cc1CC(CC1CCS(=O)(=O)C1)NN. The zero-order valence-electron chi connectivity index (χ0n) is 11.6. The van der Waals surface area contributed by atoms with Crippen LogP contribution in [0.2, 0.25) is 0 Å². The van der Waals surface area contributed by atoms with Crippen LogP contribution in [0.25, 0.3) is 0 Å². The summed E-state index contributed by atoms with van der Waals surface area (Å²) in [5.74, 6) is 5.97. The first kappa shape index (κ1) is 15.4. The minimum atomic E-state index is -2.87. The number of benzene rings is 1. The second-order valence-corrected chi connectivity index (χ2v) is 7.87. The molecule has 4 nitrogen and oxygen atoms in total. The van der Waals surface area contributed by atoms with Crippen molar-refractivity contribution in [3.63, 3.8) is 0 Å². The van der Waals surface area contributed by atoms with Gasteiger partial charge in [0.05, 0.1) is 11.5 Å². The Bertz CT molecular complexity index is 575. The third kappa shape index (κ3) is 4.01. The second-order valence-electron chi connectivity index (χ2n) is 5.64. The molecule has 3 N–H and O–H groups in total. The van der Waals surface area contributed by atoms with Gasteiger partial charge in [-0.2, -0.15) is 0 Å². The molecule has 0 amide bonds. The van der Waals surface area contributed by atoms with Crippen molar-refractivity contribution in [1.29, 1.82) is 0 Å². The standard InChI is InChI=1S/C14H21FN2O2S/c1-10-2-3-13(15)7-12(10)8-14(17-16)6-11-4-5-20(18,19)9-11/h2-3,7,11,14,17H,4-6,8-9,16H2,1H3. The van der Waals surface area contributed by atoms with E-state index in [2.05, 4.69) is 5.43 Å². The van der Waals surface area contributed by atoms with Crippen LogP contribution in [-0.4, -0.2) is 26.0 Å². The molecule has 1 heterocycles. The quantitative estimate of drug-likeness (QED) is 0.636. The number of nitrogens with two attached hydrogens (primary N) is 1. The molecule has 1 saturated heterocycles. The van der Waals surface area contributed by atoms with E-state index in [-0.39, 0.29) is 29.3 Å². The first-order valence-corrected chi connectivity index (χ1v) is 8.63. The van der Waals surface area contributed by atoms with Crippen molar-refractivity contribution in [3.05, 3.63) is 35.1 Å². The molecule has 1 aromatic rings. The summed E-state index contributed by atoms with van der Waals surface area (Å²) in [6.45, 7) is 1.93. The van der Waals surface area contributed by atoms with Gasteiger partial charge in [0.2, 0.25) is 0 Å². The van der Waals surface area contributed by atoms with Gasteiger partial charge >= 0.3 is 0 Å². The fourth-order valence-electron chi connectivity index (χ4n) is 2.80. The van der Waals surface area contributed by atoms with Gasteiger partial charge in [-0.1, -0.05) is 6.07 Å². The monoisotopic (exact) mass is 300 g/mol. The van der Waals surface area contributed by atoms with Crippen LogP contribution in [0.3, 0.4) is 0 Å². The molecule has 112 valence electrons.